The van der Waals surface area contributed by atoms with Crippen LogP contribution in [-0.4, -0.2) is 44.9 Å². The zero-order chi connectivity index (χ0) is 21.0. The quantitative estimate of drug-likeness (QED) is 0.396. The number of nitrogens with zero attached hydrogens (tertiary/aromatic N) is 2. The van der Waals surface area contributed by atoms with E-state index < -0.39 is 23.3 Å². The van der Waals surface area contributed by atoms with E-state index in [2.05, 4.69) is 15.7 Å². The van der Waals surface area contributed by atoms with Crippen LogP contribution in [0, 0.1) is 0 Å². The maximum atomic E-state index is 12.8. The van der Waals surface area contributed by atoms with Crippen LogP contribution in [0.2, 0.25) is 0 Å². The molecule has 1 atom stereocenters. The Kier molecular flexibility index (Phi) is 5.63. The number of likely N-dealkylation sites (N-methyl/N-ethyl adjacent to an activating group) is 1. The molecule has 1 aromatic heterocycles. The van der Waals surface area contributed by atoms with Crippen LogP contribution >= 0.6 is 0 Å². The number of H-pyrrole nitrogens is 1. The van der Waals surface area contributed by atoms with E-state index in [0.717, 1.165) is 9.25 Å². The van der Waals surface area contributed by atoms with Crippen molar-refractivity contribution in [1.82, 2.24) is 25.0 Å². The summed E-state index contributed by atoms with van der Waals surface area (Å²) in [6.45, 7) is 0. The molecule has 4 N–H and O–H groups in total. The molecule has 0 saturated heterocycles. The number of hydrogen-bond donors (Lipinski definition) is 4. The van der Waals surface area contributed by atoms with E-state index >= 15 is 0 Å². The van der Waals surface area contributed by atoms with Crippen LogP contribution in [0.3, 0.4) is 0 Å². The molecular weight excluding hydrogens is 378 g/mol. The first-order valence-corrected chi connectivity index (χ1v) is 8.69. The molecule has 0 aliphatic rings. The number of amides is 2. The smallest absolute Gasteiger partial charge is 0.356 e. The number of phenolic OH excluding ortho intramolecular Hbond substituents is 1. The van der Waals surface area contributed by atoms with E-state index in [4.69, 9.17) is 0 Å². The Hall–Kier alpha value is -4.08. The lowest BCUT2D eigenvalue weighted by atomic mass is 10.0. The van der Waals surface area contributed by atoms with Crippen LogP contribution in [0.1, 0.15) is 5.56 Å². The van der Waals surface area contributed by atoms with Crippen molar-refractivity contribution in [2.75, 3.05) is 7.05 Å². The van der Waals surface area contributed by atoms with Crippen LogP contribution in [0.4, 0.5) is 0 Å². The zero-order valence-corrected chi connectivity index (χ0v) is 15.5. The highest BCUT2D eigenvalue weighted by atomic mass is 16.3. The predicted molar refractivity (Wildman–Crippen MR) is 104 cm³/mol. The monoisotopic (exact) mass is 397 g/mol. The number of benzene rings is 2. The van der Waals surface area contributed by atoms with Gasteiger partial charge in [0.1, 0.15) is 17.5 Å². The van der Waals surface area contributed by atoms with Gasteiger partial charge in [-0.3, -0.25) is 9.59 Å². The number of phenols is 1. The van der Waals surface area contributed by atoms with Crippen molar-refractivity contribution in [3.8, 4) is 17.1 Å². The van der Waals surface area contributed by atoms with Crippen molar-refractivity contribution < 1.29 is 14.7 Å². The summed E-state index contributed by atoms with van der Waals surface area (Å²) in [5.41, 5.74) is -0.385. The molecule has 0 bridgehead atoms. The minimum atomic E-state index is -0.834. The first-order valence-electron chi connectivity index (χ1n) is 8.69. The van der Waals surface area contributed by atoms with E-state index in [9.17, 15) is 24.3 Å². The molecule has 3 aromatic rings. The average molecular weight is 397 g/mol. The summed E-state index contributed by atoms with van der Waals surface area (Å²) in [6.07, 6.45) is 0.535. The number of hydrogen-bond acceptors (Lipinski definition) is 5. The molecule has 0 aliphatic heterocycles. The van der Waals surface area contributed by atoms with Gasteiger partial charge in [0.05, 0.1) is 5.69 Å². The van der Waals surface area contributed by atoms with Crippen LogP contribution in [0.5, 0.6) is 5.75 Å². The third-order valence-corrected chi connectivity index (χ3v) is 4.36. The first kappa shape index (κ1) is 19.7. The fourth-order valence-electron chi connectivity index (χ4n) is 2.94. The summed E-state index contributed by atoms with van der Waals surface area (Å²) in [5.74, 6) is -0.635. The van der Waals surface area contributed by atoms with Gasteiger partial charge < -0.3 is 15.7 Å². The molecule has 0 spiro atoms. The number of aromatic nitrogens is 3. The number of aromatic hydroxyl groups is 1. The highest BCUT2D eigenvalue weighted by Gasteiger charge is 2.19. The molecule has 10 nitrogen and oxygen atoms in total. The molecule has 2 aromatic carbocycles. The Balaban J connectivity index is 2.04. The Bertz CT molecular complexity index is 1150. The summed E-state index contributed by atoms with van der Waals surface area (Å²) in [5, 5.41) is 17.5. The number of carbonyl (C=O) groups excluding carboxylic acids is 2. The minimum Gasteiger partial charge on any atom is -0.506 e. The van der Waals surface area contributed by atoms with E-state index in [1.54, 1.807) is 36.4 Å². The SMILES string of the molecule is CNC(=O)[C@H](Cc1ccc(O)c(-n2[nH]c(=O)n(-c3ccccc3)c2=O)c1)NC=O. The van der Waals surface area contributed by atoms with Gasteiger partial charge in [0.15, 0.2) is 0 Å². The van der Waals surface area contributed by atoms with Crippen molar-refractivity contribution in [2.24, 2.45) is 0 Å². The summed E-state index contributed by atoms with van der Waals surface area (Å²) in [6, 6.07) is 11.9. The second kappa shape index (κ2) is 8.30. The van der Waals surface area contributed by atoms with E-state index in [1.165, 1.54) is 19.2 Å². The van der Waals surface area contributed by atoms with E-state index in [0.29, 0.717) is 17.7 Å². The summed E-state index contributed by atoms with van der Waals surface area (Å²) >= 11 is 0. The predicted octanol–water partition coefficient (Wildman–Crippen LogP) is -0.575. The van der Waals surface area contributed by atoms with Gasteiger partial charge in [-0.2, -0.15) is 4.68 Å². The molecule has 3 rings (SSSR count). The van der Waals surface area contributed by atoms with Gasteiger partial charge in [0, 0.05) is 13.5 Å². The highest BCUT2D eigenvalue weighted by molar-refractivity contribution is 5.83. The average Bonchev–Trinajstić information content (AvgIpc) is 3.02. The zero-order valence-electron chi connectivity index (χ0n) is 15.5. The summed E-state index contributed by atoms with van der Waals surface area (Å²) in [4.78, 5) is 47.8. The molecule has 0 aliphatic carbocycles. The largest absolute Gasteiger partial charge is 0.506 e. The van der Waals surface area contributed by atoms with Crippen molar-refractivity contribution >= 4 is 12.3 Å². The van der Waals surface area contributed by atoms with E-state index in [1.807, 2.05) is 0 Å². The maximum Gasteiger partial charge on any atom is 0.356 e. The van der Waals surface area contributed by atoms with Crippen molar-refractivity contribution in [3.63, 3.8) is 0 Å². The molecule has 150 valence electrons. The van der Waals surface area contributed by atoms with Gasteiger partial charge >= 0.3 is 11.4 Å². The molecule has 0 saturated carbocycles. The topological polar surface area (TPSA) is 138 Å². The fraction of sp³-hybridized carbons (Fsp3) is 0.158. The van der Waals surface area contributed by atoms with Gasteiger partial charge in [-0.1, -0.05) is 24.3 Å². The van der Waals surface area contributed by atoms with Crippen LogP contribution in [-0.2, 0) is 16.0 Å². The lowest BCUT2D eigenvalue weighted by Crippen LogP contribution is -2.43. The second-order valence-corrected chi connectivity index (χ2v) is 6.18. The van der Waals surface area contributed by atoms with Crippen LogP contribution < -0.4 is 22.0 Å². The molecule has 2 amide bonds. The fourth-order valence-corrected chi connectivity index (χ4v) is 2.94. The molecular formula is C19H19N5O5. The third-order valence-electron chi connectivity index (χ3n) is 4.36. The number of aromatic amines is 1. The van der Waals surface area contributed by atoms with Crippen LogP contribution in [0.15, 0.2) is 58.1 Å². The molecule has 1 heterocycles. The minimum absolute atomic E-state index is 0.0426. The Morgan fingerprint density at radius 3 is 2.59 bits per heavy atom. The van der Waals surface area contributed by atoms with Gasteiger partial charge in [0.25, 0.3) is 0 Å². The van der Waals surface area contributed by atoms with Gasteiger partial charge in [0.2, 0.25) is 12.3 Å². The van der Waals surface area contributed by atoms with Gasteiger partial charge in [-0.05, 0) is 29.8 Å². The number of nitrogens with one attached hydrogen (secondary N) is 3. The Labute approximate surface area is 164 Å². The van der Waals surface area contributed by atoms with Gasteiger partial charge in [-0.15, -0.1) is 0 Å². The number of para-hydroxylation sites is 1. The normalized spacial score (nSPS) is 11.6. The molecule has 0 unspecified atom stereocenters. The molecule has 29 heavy (non-hydrogen) atoms. The lowest BCUT2D eigenvalue weighted by molar-refractivity contribution is -0.124. The van der Waals surface area contributed by atoms with Crippen molar-refractivity contribution in [1.29, 1.82) is 0 Å². The third kappa shape index (κ3) is 3.95. The Morgan fingerprint density at radius 2 is 1.93 bits per heavy atom. The number of rotatable bonds is 7. The number of carbonyl (C=O) groups is 2. The van der Waals surface area contributed by atoms with Crippen molar-refractivity contribution in [2.45, 2.75) is 12.5 Å². The first-order chi connectivity index (χ1) is 14.0. The van der Waals surface area contributed by atoms with E-state index in [-0.39, 0.29) is 17.9 Å². The summed E-state index contributed by atoms with van der Waals surface area (Å²) in [7, 11) is 1.45. The second-order valence-electron chi connectivity index (χ2n) is 6.18. The Morgan fingerprint density at radius 1 is 1.21 bits per heavy atom. The molecule has 0 radical (unpaired) electrons. The highest BCUT2D eigenvalue weighted by Crippen LogP contribution is 2.22. The van der Waals surface area contributed by atoms with Crippen LogP contribution in [0.25, 0.3) is 11.4 Å². The van der Waals surface area contributed by atoms with Gasteiger partial charge in [-0.25, -0.2) is 19.3 Å². The molecule has 0 fully saturated rings. The summed E-state index contributed by atoms with van der Waals surface area (Å²) < 4.78 is 1.86. The molecule has 10 heteroatoms. The maximum absolute atomic E-state index is 12.8. The standard InChI is InChI=1S/C19H19N5O5/c1-20-17(27)14(21-11-25)9-12-7-8-16(26)15(10-12)24-19(29)23(18(28)22-24)13-5-3-2-4-6-13/h2-8,10-11,14,26H,9H2,1H3,(H,20,27)(H,21,25)(H,22,28)/t14-/m0/s1. The van der Waals surface area contributed by atoms with Crippen molar-refractivity contribution in [3.05, 3.63) is 75.1 Å². The lowest BCUT2D eigenvalue weighted by Gasteiger charge is -2.15.